The van der Waals surface area contributed by atoms with E-state index in [1.165, 1.54) is 4.68 Å². The molecule has 1 aromatic heterocycles. The number of carboxylic acids is 1. The topological polar surface area (TPSA) is 90.1 Å². The van der Waals surface area contributed by atoms with Crippen LogP contribution in [0.5, 0.6) is 5.75 Å². The van der Waals surface area contributed by atoms with E-state index >= 15 is 0 Å². The maximum Gasteiger partial charge on any atom is 0.331 e. The molecule has 1 N–H and O–H groups in total. The number of tetrazole rings is 1. The predicted molar refractivity (Wildman–Crippen MR) is 77.0 cm³/mol. The van der Waals surface area contributed by atoms with E-state index in [9.17, 15) is 9.90 Å². The number of hydrogen-bond donors (Lipinski definition) is 1. The molecule has 1 aliphatic rings. The van der Waals surface area contributed by atoms with E-state index in [1.807, 2.05) is 6.07 Å². The van der Waals surface area contributed by atoms with Crippen molar-refractivity contribution < 1.29 is 14.6 Å². The summed E-state index contributed by atoms with van der Waals surface area (Å²) in [7, 11) is 1.55. The van der Waals surface area contributed by atoms with Gasteiger partial charge in [0.05, 0.1) is 12.7 Å². The molecule has 1 aliphatic carbocycles. The number of hydrogen-bond acceptors (Lipinski definition) is 5. The van der Waals surface area contributed by atoms with Crippen molar-refractivity contribution in [3.05, 3.63) is 22.7 Å². The Bertz CT molecular complexity index is 696. The van der Waals surface area contributed by atoms with Gasteiger partial charge in [-0.15, -0.1) is 5.10 Å². The number of rotatable bonds is 4. The highest BCUT2D eigenvalue weighted by Crippen LogP contribution is 2.42. The number of nitrogens with zero attached hydrogens (tertiary/aromatic N) is 4. The zero-order valence-electron chi connectivity index (χ0n) is 11.3. The van der Waals surface area contributed by atoms with Crippen LogP contribution in [-0.2, 0) is 10.3 Å². The van der Waals surface area contributed by atoms with E-state index in [1.54, 1.807) is 19.2 Å². The molecule has 0 saturated heterocycles. The summed E-state index contributed by atoms with van der Waals surface area (Å²) in [6.07, 6.45) is 1.90. The number of carbonyl (C=O) groups is 1. The Balaban J connectivity index is 2.14. The molecule has 21 heavy (non-hydrogen) atoms. The summed E-state index contributed by atoms with van der Waals surface area (Å²) in [5.41, 5.74) is -0.380. The Hall–Kier alpha value is -1.96. The van der Waals surface area contributed by atoms with E-state index in [4.69, 9.17) is 4.74 Å². The Morgan fingerprint density at radius 1 is 1.48 bits per heavy atom. The third kappa shape index (κ3) is 2.10. The minimum atomic E-state index is -1.04. The van der Waals surface area contributed by atoms with Crippen LogP contribution in [0.15, 0.2) is 22.7 Å². The fourth-order valence-electron chi connectivity index (χ4n) is 2.52. The minimum Gasteiger partial charge on any atom is -0.496 e. The van der Waals surface area contributed by atoms with Gasteiger partial charge in [0.1, 0.15) is 5.75 Å². The van der Waals surface area contributed by atoms with Crippen molar-refractivity contribution in [1.29, 1.82) is 0 Å². The SMILES string of the molecule is COc1cc(Br)ccc1-c1nnnn1C1(C(=O)O)CCC1. The summed E-state index contributed by atoms with van der Waals surface area (Å²) >= 11 is 3.37. The molecule has 0 atom stereocenters. The van der Waals surface area contributed by atoms with Crippen molar-refractivity contribution >= 4 is 21.9 Å². The minimum absolute atomic E-state index is 0.404. The zero-order chi connectivity index (χ0) is 15.0. The quantitative estimate of drug-likeness (QED) is 0.905. The fraction of sp³-hybridized carbons (Fsp3) is 0.385. The average Bonchev–Trinajstić information content (AvgIpc) is 2.86. The Morgan fingerprint density at radius 3 is 2.81 bits per heavy atom. The molecule has 0 bridgehead atoms. The lowest BCUT2D eigenvalue weighted by atomic mass is 9.76. The number of carboxylic acid groups (broad SMARTS) is 1. The van der Waals surface area contributed by atoms with Crippen LogP contribution >= 0.6 is 15.9 Å². The van der Waals surface area contributed by atoms with Crippen LogP contribution < -0.4 is 4.74 Å². The molecule has 1 saturated carbocycles. The van der Waals surface area contributed by atoms with Crippen molar-refractivity contribution in [2.75, 3.05) is 7.11 Å². The second-order valence-corrected chi connectivity index (χ2v) is 5.86. The smallest absolute Gasteiger partial charge is 0.331 e. The molecule has 110 valence electrons. The van der Waals surface area contributed by atoms with Crippen LogP contribution in [0.4, 0.5) is 0 Å². The van der Waals surface area contributed by atoms with Crippen LogP contribution in [0.25, 0.3) is 11.4 Å². The third-order valence-electron chi connectivity index (χ3n) is 3.86. The highest BCUT2D eigenvalue weighted by molar-refractivity contribution is 9.10. The summed E-state index contributed by atoms with van der Waals surface area (Å²) in [6.45, 7) is 0. The molecule has 2 aromatic rings. The second kappa shape index (κ2) is 5.10. The van der Waals surface area contributed by atoms with Gasteiger partial charge >= 0.3 is 5.97 Å². The lowest BCUT2D eigenvalue weighted by Gasteiger charge is -2.37. The number of benzene rings is 1. The molecule has 1 heterocycles. The number of aromatic nitrogens is 4. The first-order valence-corrected chi connectivity index (χ1v) is 7.24. The molecule has 0 radical (unpaired) electrons. The van der Waals surface area contributed by atoms with Gasteiger partial charge < -0.3 is 9.84 Å². The van der Waals surface area contributed by atoms with E-state index in [0.717, 1.165) is 10.9 Å². The number of ether oxygens (including phenoxy) is 1. The molecule has 0 amide bonds. The standard InChI is InChI=1S/C13H13BrN4O3/c1-21-10-7-8(14)3-4-9(10)11-15-16-17-18(11)13(12(19)20)5-2-6-13/h3-4,7H,2,5-6H2,1H3,(H,19,20). The monoisotopic (exact) mass is 352 g/mol. The van der Waals surface area contributed by atoms with E-state index < -0.39 is 11.5 Å². The molecule has 0 aliphatic heterocycles. The molecule has 0 spiro atoms. The summed E-state index contributed by atoms with van der Waals surface area (Å²) in [6, 6.07) is 5.44. The van der Waals surface area contributed by atoms with Crippen LogP contribution in [0.2, 0.25) is 0 Å². The van der Waals surface area contributed by atoms with E-state index in [0.29, 0.717) is 30.0 Å². The van der Waals surface area contributed by atoms with Gasteiger partial charge in [0, 0.05) is 4.47 Å². The summed E-state index contributed by atoms with van der Waals surface area (Å²) in [4.78, 5) is 11.6. The summed E-state index contributed by atoms with van der Waals surface area (Å²) in [5.74, 6) is 0.0834. The molecule has 3 rings (SSSR count). The van der Waals surface area contributed by atoms with Gasteiger partial charge in [-0.05, 0) is 47.9 Å². The first-order chi connectivity index (χ1) is 10.1. The van der Waals surface area contributed by atoms with Crippen LogP contribution in [0.1, 0.15) is 19.3 Å². The van der Waals surface area contributed by atoms with Crippen LogP contribution in [0.3, 0.4) is 0 Å². The van der Waals surface area contributed by atoms with Crippen LogP contribution in [-0.4, -0.2) is 38.4 Å². The Morgan fingerprint density at radius 2 is 2.24 bits per heavy atom. The van der Waals surface area contributed by atoms with Crippen molar-refractivity contribution in [3.8, 4) is 17.1 Å². The number of methoxy groups -OCH3 is 1. The van der Waals surface area contributed by atoms with Gasteiger partial charge in [-0.3, -0.25) is 0 Å². The first-order valence-electron chi connectivity index (χ1n) is 6.45. The van der Waals surface area contributed by atoms with Gasteiger partial charge in [0.15, 0.2) is 11.4 Å². The zero-order valence-corrected chi connectivity index (χ0v) is 12.9. The van der Waals surface area contributed by atoms with Crippen molar-refractivity contribution in [2.45, 2.75) is 24.8 Å². The second-order valence-electron chi connectivity index (χ2n) is 4.95. The van der Waals surface area contributed by atoms with Crippen molar-refractivity contribution in [2.24, 2.45) is 0 Å². The third-order valence-corrected chi connectivity index (χ3v) is 4.35. The lowest BCUT2D eigenvalue weighted by Crippen LogP contribution is -2.48. The van der Waals surface area contributed by atoms with E-state index in [-0.39, 0.29) is 0 Å². The number of halogens is 1. The predicted octanol–water partition coefficient (Wildman–Crippen LogP) is 2.07. The molecule has 1 fully saturated rings. The molecular formula is C13H13BrN4O3. The highest BCUT2D eigenvalue weighted by Gasteiger charge is 2.49. The molecule has 0 unspecified atom stereocenters. The average molecular weight is 353 g/mol. The molecule has 8 heteroatoms. The van der Waals surface area contributed by atoms with E-state index in [2.05, 4.69) is 31.5 Å². The Labute approximate surface area is 129 Å². The maximum absolute atomic E-state index is 11.6. The molecule has 7 nitrogen and oxygen atoms in total. The fourth-order valence-corrected chi connectivity index (χ4v) is 2.86. The lowest BCUT2D eigenvalue weighted by molar-refractivity contribution is -0.153. The van der Waals surface area contributed by atoms with Crippen LogP contribution in [0, 0.1) is 0 Å². The summed E-state index contributed by atoms with van der Waals surface area (Å²) < 4.78 is 7.61. The van der Waals surface area contributed by atoms with Crippen molar-refractivity contribution in [1.82, 2.24) is 20.2 Å². The molecular weight excluding hydrogens is 340 g/mol. The largest absolute Gasteiger partial charge is 0.496 e. The number of aliphatic carboxylic acids is 1. The van der Waals surface area contributed by atoms with Gasteiger partial charge in [-0.25, -0.2) is 9.48 Å². The summed E-state index contributed by atoms with van der Waals surface area (Å²) in [5, 5.41) is 21.1. The van der Waals surface area contributed by atoms with Gasteiger partial charge in [-0.1, -0.05) is 15.9 Å². The first kappa shape index (κ1) is 14.0. The normalized spacial score (nSPS) is 16.3. The molecule has 1 aromatic carbocycles. The van der Waals surface area contributed by atoms with Gasteiger partial charge in [0.25, 0.3) is 0 Å². The maximum atomic E-state index is 11.6. The Kier molecular flexibility index (Phi) is 3.40. The van der Waals surface area contributed by atoms with Gasteiger partial charge in [0.2, 0.25) is 0 Å². The van der Waals surface area contributed by atoms with Gasteiger partial charge in [-0.2, -0.15) is 0 Å². The highest BCUT2D eigenvalue weighted by atomic mass is 79.9. The van der Waals surface area contributed by atoms with Crippen molar-refractivity contribution in [3.63, 3.8) is 0 Å².